The molecular weight excluding hydrogens is 502 g/mol. The number of aliphatic hydroxyl groups excluding tert-OH is 1. The van der Waals surface area contributed by atoms with Crippen molar-refractivity contribution in [3.63, 3.8) is 0 Å². The van der Waals surface area contributed by atoms with E-state index in [1.807, 2.05) is 0 Å². The van der Waals surface area contributed by atoms with Crippen LogP contribution in [0.25, 0.3) is 0 Å². The molecule has 0 radical (unpaired) electrons. The van der Waals surface area contributed by atoms with Crippen molar-refractivity contribution in [3.8, 4) is 0 Å². The average Bonchev–Trinajstić information content (AvgIpc) is 2.96. The monoisotopic (exact) mass is 582 g/mol. The highest BCUT2D eigenvalue weighted by Gasteiger charge is 2.21. The van der Waals surface area contributed by atoms with Crippen LogP contribution in [0.4, 0.5) is 0 Å². The SMILES string of the molecule is CCCCCCCCCCCCCCCCCC[N+]([O-])(CCCCCCCCCCCCCCCCCC)C(C)O. The van der Waals surface area contributed by atoms with Gasteiger partial charge in [-0.2, -0.15) is 0 Å². The molecule has 248 valence electrons. The topological polar surface area (TPSA) is 43.3 Å². The molecule has 0 aliphatic rings. The van der Waals surface area contributed by atoms with Crippen LogP contribution in [0.1, 0.15) is 226 Å². The van der Waals surface area contributed by atoms with Crippen LogP contribution in [-0.2, 0) is 0 Å². The number of quaternary nitrogens is 1. The van der Waals surface area contributed by atoms with Gasteiger partial charge >= 0.3 is 0 Å². The van der Waals surface area contributed by atoms with Gasteiger partial charge in [0, 0.05) is 6.92 Å². The van der Waals surface area contributed by atoms with Gasteiger partial charge in [-0.3, -0.25) is 0 Å². The van der Waals surface area contributed by atoms with Crippen LogP contribution in [0.5, 0.6) is 0 Å². The van der Waals surface area contributed by atoms with Crippen molar-refractivity contribution < 1.29 is 9.75 Å². The maximum atomic E-state index is 13.2. The molecule has 3 nitrogen and oxygen atoms in total. The van der Waals surface area contributed by atoms with Crippen LogP contribution in [0.2, 0.25) is 0 Å². The largest absolute Gasteiger partial charge is 0.631 e. The van der Waals surface area contributed by atoms with E-state index in [0.29, 0.717) is 13.1 Å². The quantitative estimate of drug-likeness (QED) is 0.0350. The minimum Gasteiger partial charge on any atom is -0.631 e. The number of nitrogens with zero attached hydrogens (tertiary/aromatic N) is 1. The van der Waals surface area contributed by atoms with Gasteiger partial charge < -0.3 is 15.0 Å². The lowest BCUT2D eigenvalue weighted by molar-refractivity contribution is -0.925. The summed E-state index contributed by atoms with van der Waals surface area (Å²) < 4.78 is -0.392. The first-order valence-corrected chi connectivity index (χ1v) is 19.3. The van der Waals surface area contributed by atoms with Gasteiger partial charge in [-0.05, 0) is 25.7 Å². The molecule has 0 rings (SSSR count). The zero-order valence-corrected chi connectivity index (χ0v) is 28.9. The normalized spacial score (nSPS) is 12.8. The van der Waals surface area contributed by atoms with Crippen molar-refractivity contribution >= 4 is 0 Å². The lowest BCUT2D eigenvalue weighted by atomic mass is 10.0. The molecule has 0 saturated carbocycles. The maximum Gasteiger partial charge on any atom is 0.187 e. The van der Waals surface area contributed by atoms with E-state index in [0.717, 1.165) is 25.7 Å². The summed E-state index contributed by atoms with van der Waals surface area (Å²) in [4.78, 5) is 0. The summed E-state index contributed by atoms with van der Waals surface area (Å²) in [6, 6.07) is 0. The Morgan fingerprint density at radius 1 is 0.366 bits per heavy atom. The Labute approximate surface area is 260 Å². The third-order valence-electron chi connectivity index (χ3n) is 9.46. The third kappa shape index (κ3) is 29.7. The molecule has 0 aliphatic heterocycles. The Morgan fingerprint density at radius 2 is 0.537 bits per heavy atom. The van der Waals surface area contributed by atoms with Gasteiger partial charge in [0.2, 0.25) is 0 Å². The molecule has 0 aromatic heterocycles. The first-order chi connectivity index (χ1) is 20.1. The number of hydrogen-bond donors (Lipinski definition) is 1. The van der Waals surface area contributed by atoms with E-state index in [4.69, 9.17) is 0 Å². The number of rotatable bonds is 35. The molecule has 0 amide bonds. The van der Waals surface area contributed by atoms with E-state index in [2.05, 4.69) is 13.8 Å². The van der Waals surface area contributed by atoms with Gasteiger partial charge in [-0.15, -0.1) is 0 Å². The zero-order valence-electron chi connectivity index (χ0n) is 28.9. The van der Waals surface area contributed by atoms with Crippen LogP contribution in [-0.4, -0.2) is 29.1 Å². The summed E-state index contributed by atoms with van der Waals surface area (Å²) >= 11 is 0. The van der Waals surface area contributed by atoms with Gasteiger partial charge in [0.05, 0.1) is 13.1 Å². The van der Waals surface area contributed by atoms with Crippen LogP contribution < -0.4 is 0 Å². The van der Waals surface area contributed by atoms with E-state index in [9.17, 15) is 10.3 Å². The molecule has 1 unspecified atom stereocenters. The Hall–Kier alpha value is -0.120. The maximum absolute atomic E-state index is 13.2. The van der Waals surface area contributed by atoms with E-state index in [1.54, 1.807) is 6.92 Å². The second kappa shape index (κ2) is 32.8. The van der Waals surface area contributed by atoms with Crippen LogP contribution in [0.15, 0.2) is 0 Å². The molecular formula is C38H79NO2. The van der Waals surface area contributed by atoms with Crippen molar-refractivity contribution in [1.82, 2.24) is 0 Å². The number of hydroxylamine groups is 3. The van der Waals surface area contributed by atoms with Crippen LogP contribution in [0, 0.1) is 5.21 Å². The predicted molar refractivity (Wildman–Crippen MR) is 184 cm³/mol. The molecule has 0 aliphatic carbocycles. The van der Waals surface area contributed by atoms with Gasteiger partial charge in [0.15, 0.2) is 6.23 Å². The molecule has 0 spiro atoms. The molecule has 41 heavy (non-hydrogen) atoms. The zero-order chi connectivity index (χ0) is 30.1. The van der Waals surface area contributed by atoms with Crippen molar-refractivity contribution in [3.05, 3.63) is 5.21 Å². The van der Waals surface area contributed by atoms with Crippen LogP contribution >= 0.6 is 0 Å². The Kier molecular flexibility index (Phi) is 32.7. The highest BCUT2D eigenvalue weighted by atomic mass is 16.6. The van der Waals surface area contributed by atoms with Gasteiger partial charge in [0.1, 0.15) is 0 Å². The second-order valence-electron chi connectivity index (χ2n) is 13.6. The lowest BCUT2D eigenvalue weighted by Crippen LogP contribution is -2.50. The first-order valence-electron chi connectivity index (χ1n) is 19.3. The lowest BCUT2D eigenvalue weighted by Gasteiger charge is -2.45. The van der Waals surface area contributed by atoms with E-state index >= 15 is 0 Å². The second-order valence-corrected chi connectivity index (χ2v) is 13.6. The minimum absolute atomic E-state index is 0.392. The fraction of sp³-hybridized carbons (Fsp3) is 1.00. The highest BCUT2D eigenvalue weighted by Crippen LogP contribution is 2.19. The summed E-state index contributed by atoms with van der Waals surface area (Å²) in [7, 11) is 0. The smallest absolute Gasteiger partial charge is 0.187 e. The molecule has 0 bridgehead atoms. The minimum atomic E-state index is -0.789. The summed E-state index contributed by atoms with van der Waals surface area (Å²) in [6.07, 6.45) is 42.4. The van der Waals surface area contributed by atoms with Gasteiger partial charge in [-0.1, -0.05) is 194 Å². The first kappa shape index (κ1) is 40.9. The molecule has 0 saturated heterocycles. The molecule has 0 fully saturated rings. The summed E-state index contributed by atoms with van der Waals surface area (Å²) in [5.41, 5.74) is 0. The molecule has 0 aromatic carbocycles. The standard InChI is InChI=1S/C38H79NO2/c1-4-6-8-10-12-14-16-18-20-22-24-26-28-30-32-34-36-39(41,38(3)40)37-35-33-31-29-27-25-23-21-19-17-15-13-11-9-7-5-2/h38,40H,4-37H2,1-3H3. The number of aliphatic hydroxyl groups is 1. The van der Waals surface area contributed by atoms with E-state index in [1.165, 1.54) is 180 Å². The van der Waals surface area contributed by atoms with Crippen molar-refractivity contribution in [1.29, 1.82) is 0 Å². The molecule has 1 N–H and O–H groups in total. The van der Waals surface area contributed by atoms with E-state index < -0.39 is 10.9 Å². The molecule has 3 heteroatoms. The van der Waals surface area contributed by atoms with E-state index in [-0.39, 0.29) is 0 Å². The van der Waals surface area contributed by atoms with Crippen LogP contribution in [0.3, 0.4) is 0 Å². The van der Waals surface area contributed by atoms with Crippen molar-refractivity contribution in [2.45, 2.75) is 232 Å². The summed E-state index contributed by atoms with van der Waals surface area (Å²) in [5.74, 6) is 0. The molecule has 1 atom stereocenters. The Bertz CT molecular complexity index is 445. The molecule has 0 aromatic rings. The average molecular weight is 582 g/mol. The highest BCUT2D eigenvalue weighted by molar-refractivity contribution is 4.54. The fourth-order valence-corrected chi connectivity index (χ4v) is 6.34. The van der Waals surface area contributed by atoms with Gasteiger partial charge in [0.25, 0.3) is 0 Å². The predicted octanol–water partition coefficient (Wildman–Crippen LogP) is 13.2. The third-order valence-corrected chi connectivity index (χ3v) is 9.46. The number of unbranched alkanes of at least 4 members (excludes halogenated alkanes) is 30. The summed E-state index contributed by atoms with van der Waals surface area (Å²) in [6.45, 7) is 7.46. The van der Waals surface area contributed by atoms with Gasteiger partial charge in [-0.25, -0.2) is 0 Å². The Balaban J connectivity index is 3.50. The van der Waals surface area contributed by atoms with Crippen molar-refractivity contribution in [2.75, 3.05) is 13.1 Å². The fourth-order valence-electron chi connectivity index (χ4n) is 6.34. The molecule has 0 heterocycles. The summed E-state index contributed by atoms with van der Waals surface area (Å²) in [5, 5.41) is 23.4. The number of hydrogen-bond acceptors (Lipinski definition) is 2. The van der Waals surface area contributed by atoms with Crippen molar-refractivity contribution in [2.24, 2.45) is 0 Å². The Morgan fingerprint density at radius 3 is 0.707 bits per heavy atom.